The second-order valence-corrected chi connectivity index (χ2v) is 5.21. The molecule has 1 fully saturated rings. The fourth-order valence-corrected chi connectivity index (χ4v) is 2.65. The number of hydrogen-bond acceptors (Lipinski definition) is 3. The van der Waals surface area contributed by atoms with Gasteiger partial charge in [0.05, 0.1) is 12.2 Å². The molecule has 1 aliphatic rings. The molecule has 0 atom stereocenters. The highest BCUT2D eigenvalue weighted by atomic mass is 32.1. The maximum atomic E-state index is 6.01. The van der Waals surface area contributed by atoms with Crippen molar-refractivity contribution in [1.82, 2.24) is 5.32 Å². The number of piperidine rings is 1. The van der Waals surface area contributed by atoms with E-state index in [1.807, 2.05) is 0 Å². The van der Waals surface area contributed by atoms with Crippen LogP contribution in [0.4, 0.5) is 0 Å². The summed E-state index contributed by atoms with van der Waals surface area (Å²) < 4.78 is 6.01. The smallest absolute Gasteiger partial charge is 0.0678 e. The lowest BCUT2D eigenvalue weighted by Crippen LogP contribution is -2.42. The highest BCUT2D eigenvalue weighted by Crippen LogP contribution is 2.22. The third-order valence-corrected chi connectivity index (χ3v) is 3.81. The fraction of sp³-hybridized carbons (Fsp3) is 0.667. The van der Waals surface area contributed by atoms with Crippen LogP contribution in [0.3, 0.4) is 0 Å². The van der Waals surface area contributed by atoms with E-state index in [2.05, 4.69) is 29.1 Å². The first-order valence-corrected chi connectivity index (χ1v) is 6.59. The third-order valence-electron chi connectivity index (χ3n) is 3.08. The van der Waals surface area contributed by atoms with Crippen molar-refractivity contribution in [3.8, 4) is 0 Å². The normalized spacial score (nSPS) is 20.3. The Kier molecular flexibility index (Phi) is 3.78. The van der Waals surface area contributed by atoms with Crippen molar-refractivity contribution in [2.75, 3.05) is 19.7 Å². The van der Waals surface area contributed by atoms with Crippen LogP contribution in [-0.2, 0) is 11.2 Å². The minimum atomic E-state index is 0.112. The number of rotatable bonds is 4. The Morgan fingerprint density at radius 2 is 2.27 bits per heavy atom. The van der Waals surface area contributed by atoms with Gasteiger partial charge in [-0.05, 0) is 61.7 Å². The van der Waals surface area contributed by atoms with Gasteiger partial charge in [0.25, 0.3) is 0 Å². The molecule has 1 aromatic rings. The molecule has 15 heavy (non-hydrogen) atoms. The largest absolute Gasteiger partial charge is 0.375 e. The molecule has 84 valence electrons. The molecular weight excluding hydrogens is 206 g/mol. The van der Waals surface area contributed by atoms with E-state index in [0.717, 1.165) is 39.0 Å². The van der Waals surface area contributed by atoms with Gasteiger partial charge in [0.1, 0.15) is 0 Å². The maximum Gasteiger partial charge on any atom is 0.0678 e. The van der Waals surface area contributed by atoms with Gasteiger partial charge in [0.15, 0.2) is 0 Å². The summed E-state index contributed by atoms with van der Waals surface area (Å²) in [4.78, 5) is 0. The molecule has 2 heterocycles. The van der Waals surface area contributed by atoms with Crippen molar-refractivity contribution >= 4 is 11.3 Å². The van der Waals surface area contributed by atoms with Crippen LogP contribution in [0.1, 0.15) is 25.3 Å². The van der Waals surface area contributed by atoms with Crippen LogP contribution in [0.5, 0.6) is 0 Å². The molecule has 1 aromatic heterocycles. The molecule has 0 aliphatic carbocycles. The van der Waals surface area contributed by atoms with Gasteiger partial charge >= 0.3 is 0 Å². The second-order valence-electron chi connectivity index (χ2n) is 4.43. The molecule has 1 N–H and O–H groups in total. The van der Waals surface area contributed by atoms with Crippen LogP contribution in [0.25, 0.3) is 0 Å². The van der Waals surface area contributed by atoms with E-state index in [9.17, 15) is 0 Å². The zero-order valence-corrected chi connectivity index (χ0v) is 10.1. The molecule has 0 amide bonds. The number of thiophene rings is 1. The predicted molar refractivity (Wildman–Crippen MR) is 64.5 cm³/mol. The van der Waals surface area contributed by atoms with Gasteiger partial charge in [-0.3, -0.25) is 0 Å². The Morgan fingerprint density at radius 3 is 2.93 bits per heavy atom. The molecule has 3 heteroatoms. The van der Waals surface area contributed by atoms with E-state index in [-0.39, 0.29) is 5.60 Å². The summed E-state index contributed by atoms with van der Waals surface area (Å²) in [5.41, 5.74) is 1.51. The Balaban J connectivity index is 1.72. The molecule has 1 saturated heterocycles. The van der Waals surface area contributed by atoms with E-state index < -0.39 is 0 Å². The lowest BCUT2D eigenvalue weighted by Gasteiger charge is -2.34. The lowest BCUT2D eigenvalue weighted by atomic mass is 9.94. The summed E-state index contributed by atoms with van der Waals surface area (Å²) in [7, 11) is 0. The number of ether oxygens (including phenoxy) is 1. The predicted octanol–water partition coefficient (Wildman–Crippen LogP) is 2.45. The highest BCUT2D eigenvalue weighted by molar-refractivity contribution is 7.07. The lowest BCUT2D eigenvalue weighted by molar-refractivity contribution is -0.0501. The van der Waals surface area contributed by atoms with Gasteiger partial charge in [-0.2, -0.15) is 11.3 Å². The summed E-state index contributed by atoms with van der Waals surface area (Å²) in [5.74, 6) is 0. The van der Waals surface area contributed by atoms with Gasteiger partial charge in [0, 0.05) is 0 Å². The Bertz CT molecular complexity index is 278. The van der Waals surface area contributed by atoms with Crippen LogP contribution < -0.4 is 5.32 Å². The van der Waals surface area contributed by atoms with Gasteiger partial charge in [-0.1, -0.05) is 0 Å². The first-order chi connectivity index (χ1) is 7.29. The summed E-state index contributed by atoms with van der Waals surface area (Å²) >= 11 is 1.76. The van der Waals surface area contributed by atoms with Crippen molar-refractivity contribution in [3.05, 3.63) is 22.4 Å². The average Bonchev–Trinajstić information content (AvgIpc) is 2.71. The Labute approximate surface area is 95.6 Å². The van der Waals surface area contributed by atoms with Crippen LogP contribution >= 0.6 is 11.3 Å². The van der Waals surface area contributed by atoms with E-state index in [1.165, 1.54) is 5.56 Å². The van der Waals surface area contributed by atoms with Gasteiger partial charge < -0.3 is 10.1 Å². The van der Waals surface area contributed by atoms with Crippen molar-refractivity contribution in [2.45, 2.75) is 31.8 Å². The summed E-state index contributed by atoms with van der Waals surface area (Å²) in [5, 5.41) is 7.69. The zero-order valence-electron chi connectivity index (χ0n) is 9.29. The fourth-order valence-electron chi connectivity index (χ4n) is 1.95. The molecule has 0 radical (unpaired) electrons. The van der Waals surface area contributed by atoms with Crippen molar-refractivity contribution in [1.29, 1.82) is 0 Å². The first kappa shape index (κ1) is 11.1. The summed E-state index contributed by atoms with van der Waals surface area (Å²) in [6.07, 6.45) is 3.32. The Morgan fingerprint density at radius 1 is 1.47 bits per heavy atom. The van der Waals surface area contributed by atoms with Crippen molar-refractivity contribution in [2.24, 2.45) is 0 Å². The standard InChI is InChI=1S/C12H19NOS/c1-12(4-6-13-7-5-12)14-8-2-11-3-9-15-10-11/h3,9-10,13H,2,4-8H2,1H3. The minimum absolute atomic E-state index is 0.112. The average molecular weight is 225 g/mol. The molecule has 2 nitrogen and oxygen atoms in total. The van der Waals surface area contributed by atoms with Crippen molar-refractivity contribution < 1.29 is 4.74 Å². The molecule has 0 saturated carbocycles. The SMILES string of the molecule is CC1(OCCc2ccsc2)CCNCC1. The number of hydrogen-bond donors (Lipinski definition) is 1. The van der Waals surface area contributed by atoms with Crippen LogP contribution in [0, 0.1) is 0 Å². The van der Waals surface area contributed by atoms with Crippen molar-refractivity contribution in [3.63, 3.8) is 0 Å². The number of nitrogens with one attached hydrogen (secondary N) is 1. The van der Waals surface area contributed by atoms with E-state index in [0.29, 0.717) is 0 Å². The Hall–Kier alpha value is -0.380. The van der Waals surface area contributed by atoms with E-state index in [1.54, 1.807) is 11.3 Å². The second kappa shape index (κ2) is 5.10. The maximum absolute atomic E-state index is 6.01. The quantitative estimate of drug-likeness (QED) is 0.850. The van der Waals surface area contributed by atoms with Gasteiger partial charge in [-0.25, -0.2) is 0 Å². The van der Waals surface area contributed by atoms with Crippen LogP contribution in [0.2, 0.25) is 0 Å². The molecule has 2 rings (SSSR count). The monoisotopic (exact) mass is 225 g/mol. The molecule has 0 spiro atoms. The summed E-state index contributed by atoms with van der Waals surface area (Å²) in [6.45, 7) is 5.28. The zero-order chi connectivity index (χ0) is 10.6. The molecule has 0 unspecified atom stereocenters. The molecule has 1 aliphatic heterocycles. The third kappa shape index (κ3) is 3.30. The highest BCUT2D eigenvalue weighted by Gasteiger charge is 2.26. The first-order valence-electron chi connectivity index (χ1n) is 5.64. The van der Waals surface area contributed by atoms with Crippen LogP contribution in [-0.4, -0.2) is 25.3 Å². The molecule has 0 aromatic carbocycles. The minimum Gasteiger partial charge on any atom is -0.375 e. The van der Waals surface area contributed by atoms with E-state index in [4.69, 9.17) is 4.74 Å². The van der Waals surface area contributed by atoms with Crippen LogP contribution in [0.15, 0.2) is 16.8 Å². The topological polar surface area (TPSA) is 21.3 Å². The molecular formula is C12H19NOS. The van der Waals surface area contributed by atoms with E-state index >= 15 is 0 Å². The summed E-state index contributed by atoms with van der Waals surface area (Å²) in [6, 6.07) is 2.18. The van der Waals surface area contributed by atoms with Gasteiger partial charge in [-0.15, -0.1) is 0 Å². The van der Waals surface area contributed by atoms with Gasteiger partial charge in [0.2, 0.25) is 0 Å². The molecule has 0 bridgehead atoms.